The van der Waals surface area contributed by atoms with Crippen molar-refractivity contribution in [2.75, 3.05) is 34.5 Å². The number of benzene rings is 2. The molecule has 0 spiro atoms. The van der Waals surface area contributed by atoms with E-state index in [-0.39, 0.29) is 36.8 Å². The molecule has 2 aromatic rings. The minimum absolute atomic E-state index is 0.116. The standard InChI is InChI=1S/C32H42N2O7/c1-20(2)27-28(35)34-19-32(40-7,18-25(34)29(36)39-6)24-11-10-21-17-26(38-5)22(15-23(21)16-24)9-8-12-31(3,4)13-14-41-30(37)33-27/h8-11,15-17,20,25,27H,12-14,18-19H2,1-7H3,(H,33,37)/b9-8+/t25-,27-,32-/m0/s1. The monoisotopic (exact) mass is 566 g/mol. The van der Waals surface area contributed by atoms with Crippen LogP contribution in [0.3, 0.4) is 0 Å². The van der Waals surface area contributed by atoms with E-state index >= 15 is 0 Å². The molecule has 1 fully saturated rings. The van der Waals surface area contributed by atoms with E-state index in [1.54, 1.807) is 14.2 Å². The highest BCUT2D eigenvalue weighted by Gasteiger charge is 2.52. The number of ether oxygens (including phenoxy) is 4. The van der Waals surface area contributed by atoms with E-state index in [1.165, 1.54) is 12.0 Å². The summed E-state index contributed by atoms with van der Waals surface area (Å²) in [5.41, 5.74) is 0.675. The van der Waals surface area contributed by atoms with E-state index in [4.69, 9.17) is 18.9 Å². The number of hydrogen-bond acceptors (Lipinski definition) is 7. The first-order chi connectivity index (χ1) is 19.4. The van der Waals surface area contributed by atoms with E-state index in [0.29, 0.717) is 6.42 Å². The normalized spacial score (nSPS) is 25.8. The minimum Gasteiger partial charge on any atom is -0.496 e. The zero-order chi connectivity index (χ0) is 29.9. The summed E-state index contributed by atoms with van der Waals surface area (Å²) >= 11 is 0. The molecule has 2 aliphatic heterocycles. The number of fused-ring (bicyclic) bond motifs is 5. The van der Waals surface area contributed by atoms with Gasteiger partial charge in [0, 0.05) is 19.1 Å². The van der Waals surface area contributed by atoms with E-state index < -0.39 is 29.7 Å². The molecule has 0 aliphatic carbocycles. The fourth-order valence-corrected chi connectivity index (χ4v) is 5.70. The molecule has 9 nitrogen and oxygen atoms in total. The lowest BCUT2D eigenvalue weighted by molar-refractivity contribution is -0.151. The molecule has 1 N–H and O–H groups in total. The summed E-state index contributed by atoms with van der Waals surface area (Å²) in [7, 11) is 4.54. The van der Waals surface area contributed by atoms with Crippen molar-refractivity contribution in [1.82, 2.24) is 10.2 Å². The van der Waals surface area contributed by atoms with Crippen LogP contribution in [0.15, 0.2) is 36.4 Å². The van der Waals surface area contributed by atoms with Gasteiger partial charge in [0.2, 0.25) is 5.91 Å². The maximum Gasteiger partial charge on any atom is 0.407 e. The summed E-state index contributed by atoms with van der Waals surface area (Å²) in [6.45, 7) is 8.24. The molecule has 4 rings (SSSR count). The second kappa shape index (κ2) is 12.1. The molecule has 0 radical (unpaired) electrons. The molecule has 1 saturated heterocycles. The largest absolute Gasteiger partial charge is 0.496 e. The smallest absolute Gasteiger partial charge is 0.407 e. The van der Waals surface area contributed by atoms with Crippen molar-refractivity contribution in [1.29, 1.82) is 0 Å². The van der Waals surface area contributed by atoms with Crippen LogP contribution in [0.2, 0.25) is 0 Å². The number of cyclic esters (lactones) is 1. The highest BCUT2D eigenvalue weighted by Crippen LogP contribution is 2.41. The van der Waals surface area contributed by atoms with Crippen LogP contribution in [-0.4, -0.2) is 69.4 Å². The lowest BCUT2D eigenvalue weighted by Gasteiger charge is -2.31. The Labute approximate surface area is 242 Å². The number of allylic oxidation sites excluding steroid dienone is 1. The first kappa shape index (κ1) is 30.4. The molecule has 2 aromatic carbocycles. The van der Waals surface area contributed by atoms with E-state index in [1.807, 2.05) is 38.1 Å². The van der Waals surface area contributed by atoms with Gasteiger partial charge in [0.1, 0.15) is 23.4 Å². The Balaban J connectivity index is 1.85. The Bertz CT molecular complexity index is 1330. The summed E-state index contributed by atoms with van der Waals surface area (Å²) in [6, 6.07) is 8.31. The summed E-state index contributed by atoms with van der Waals surface area (Å²) < 4.78 is 22.4. The Morgan fingerprint density at radius 1 is 1.10 bits per heavy atom. The number of alkyl carbamates (subject to hydrolysis) is 1. The molecule has 0 unspecified atom stereocenters. The maximum atomic E-state index is 14.0. The van der Waals surface area contributed by atoms with Crippen molar-refractivity contribution < 1.29 is 33.3 Å². The predicted octanol–water partition coefficient (Wildman–Crippen LogP) is 5.05. The van der Waals surface area contributed by atoms with Crippen molar-refractivity contribution in [2.24, 2.45) is 11.3 Å². The fraction of sp³-hybridized carbons (Fsp3) is 0.531. The first-order valence-corrected chi connectivity index (χ1v) is 14.1. The lowest BCUT2D eigenvalue weighted by atomic mass is 9.85. The average Bonchev–Trinajstić information content (AvgIpc) is 3.35. The number of amides is 2. The molecule has 9 heteroatoms. The molecule has 41 heavy (non-hydrogen) atoms. The molecule has 222 valence electrons. The number of nitrogens with zero attached hydrogens (tertiary/aromatic N) is 1. The molecular formula is C32H42N2O7. The maximum absolute atomic E-state index is 14.0. The summed E-state index contributed by atoms with van der Waals surface area (Å²) in [4.78, 5) is 41.2. The van der Waals surface area contributed by atoms with Crippen molar-refractivity contribution in [3.63, 3.8) is 0 Å². The van der Waals surface area contributed by atoms with Gasteiger partial charge in [-0.15, -0.1) is 0 Å². The molecule has 2 aliphatic rings. The van der Waals surface area contributed by atoms with E-state index in [0.717, 1.165) is 34.1 Å². The van der Waals surface area contributed by atoms with Crippen molar-refractivity contribution in [3.8, 4) is 5.75 Å². The lowest BCUT2D eigenvalue weighted by Crippen LogP contribution is -2.54. The third-order valence-corrected chi connectivity index (χ3v) is 8.37. The Morgan fingerprint density at radius 3 is 2.51 bits per heavy atom. The highest BCUT2D eigenvalue weighted by atomic mass is 16.5. The van der Waals surface area contributed by atoms with Crippen molar-refractivity contribution >= 4 is 34.8 Å². The minimum atomic E-state index is -0.965. The van der Waals surface area contributed by atoms with Gasteiger partial charge in [0.25, 0.3) is 0 Å². The van der Waals surface area contributed by atoms with Crippen LogP contribution in [0.5, 0.6) is 5.75 Å². The van der Waals surface area contributed by atoms with Crippen LogP contribution in [-0.2, 0) is 29.4 Å². The first-order valence-electron chi connectivity index (χ1n) is 14.1. The van der Waals surface area contributed by atoms with Gasteiger partial charge in [-0.3, -0.25) is 4.79 Å². The second-order valence-electron chi connectivity index (χ2n) is 12.1. The van der Waals surface area contributed by atoms with E-state index in [2.05, 4.69) is 37.4 Å². The van der Waals surface area contributed by atoms with Gasteiger partial charge in [0.15, 0.2) is 0 Å². The third kappa shape index (κ3) is 6.35. The van der Waals surface area contributed by atoms with Gasteiger partial charge in [-0.1, -0.05) is 52.0 Å². The van der Waals surface area contributed by atoms with Crippen molar-refractivity contribution in [3.05, 3.63) is 47.5 Å². The van der Waals surface area contributed by atoms with Gasteiger partial charge in [-0.25, -0.2) is 9.59 Å². The average molecular weight is 567 g/mol. The Hall–Kier alpha value is -3.59. The van der Waals surface area contributed by atoms with Crippen LogP contribution >= 0.6 is 0 Å². The molecular weight excluding hydrogens is 524 g/mol. The number of hydrogen-bond donors (Lipinski definition) is 1. The van der Waals surface area contributed by atoms with Gasteiger partial charge >= 0.3 is 12.1 Å². The molecule has 5 bridgehead atoms. The van der Waals surface area contributed by atoms with Gasteiger partial charge < -0.3 is 29.2 Å². The second-order valence-corrected chi connectivity index (χ2v) is 12.1. The zero-order valence-corrected chi connectivity index (χ0v) is 25.1. The predicted molar refractivity (Wildman–Crippen MR) is 156 cm³/mol. The molecule has 2 heterocycles. The van der Waals surface area contributed by atoms with Crippen LogP contribution < -0.4 is 10.1 Å². The SMILES string of the molecule is COC(=O)[C@@H]1C[C@]2(OC)CN1C(=O)[C@H](C(C)C)NC(=O)OCCC(C)(C)C/C=C/c1cc3cc2ccc3cc1OC. The molecule has 0 aromatic heterocycles. The van der Waals surface area contributed by atoms with Gasteiger partial charge in [0.05, 0.1) is 27.4 Å². The number of rotatable bonds is 4. The number of methoxy groups -OCH3 is 3. The van der Waals surface area contributed by atoms with E-state index in [9.17, 15) is 14.4 Å². The number of nitrogens with one attached hydrogen (secondary N) is 1. The Morgan fingerprint density at radius 2 is 1.85 bits per heavy atom. The topological polar surface area (TPSA) is 103 Å². The quantitative estimate of drug-likeness (QED) is 0.517. The molecule has 0 saturated carbocycles. The van der Waals surface area contributed by atoms with Gasteiger partial charge in [-0.2, -0.15) is 0 Å². The number of carbonyl (C=O) groups excluding carboxylic acids is 3. The van der Waals surface area contributed by atoms with Crippen molar-refractivity contribution in [2.45, 2.75) is 64.6 Å². The van der Waals surface area contributed by atoms with Crippen LogP contribution in [0.1, 0.15) is 58.1 Å². The Kier molecular flexibility index (Phi) is 8.97. The third-order valence-electron chi connectivity index (χ3n) is 8.37. The number of esters is 1. The number of carbonyl (C=O) groups is 3. The summed E-state index contributed by atoms with van der Waals surface area (Å²) in [6.07, 6.45) is 5.11. The highest BCUT2D eigenvalue weighted by molar-refractivity contribution is 5.91. The molecule has 2 amide bonds. The van der Waals surface area contributed by atoms with Crippen LogP contribution in [0.25, 0.3) is 16.8 Å². The fourth-order valence-electron chi connectivity index (χ4n) is 5.70. The van der Waals surface area contributed by atoms with Crippen LogP contribution in [0, 0.1) is 11.3 Å². The molecule has 3 atom stereocenters. The summed E-state index contributed by atoms with van der Waals surface area (Å²) in [5, 5.41) is 4.73. The van der Waals surface area contributed by atoms with Crippen LogP contribution in [0.4, 0.5) is 4.79 Å². The van der Waals surface area contributed by atoms with Gasteiger partial charge in [-0.05, 0) is 58.7 Å². The summed E-state index contributed by atoms with van der Waals surface area (Å²) in [5.74, 6) is -0.420. The zero-order valence-electron chi connectivity index (χ0n) is 25.1.